The first-order valence-corrected chi connectivity index (χ1v) is 7.17. The number of aliphatic hydroxyl groups is 1. The molecule has 1 N–H and O–H groups in total. The summed E-state index contributed by atoms with van der Waals surface area (Å²) in [5, 5.41) is 10.2. The number of benzene rings is 1. The SMILES string of the molecule is CC[C@H](O)c1ccccc1N(CC)Cc1ccncc1. The fraction of sp³-hybridized carbons (Fsp3) is 0.353. The molecule has 2 rings (SSSR count). The third-order valence-electron chi connectivity index (χ3n) is 3.53. The van der Waals surface area contributed by atoms with Crippen molar-refractivity contribution in [3.8, 4) is 0 Å². The zero-order chi connectivity index (χ0) is 14.4. The maximum absolute atomic E-state index is 10.2. The second kappa shape index (κ2) is 7.06. The summed E-state index contributed by atoms with van der Waals surface area (Å²) in [6.45, 7) is 5.86. The summed E-state index contributed by atoms with van der Waals surface area (Å²) in [6.07, 6.45) is 3.95. The zero-order valence-electron chi connectivity index (χ0n) is 12.2. The largest absolute Gasteiger partial charge is 0.388 e. The van der Waals surface area contributed by atoms with Gasteiger partial charge in [-0.3, -0.25) is 4.98 Å². The maximum Gasteiger partial charge on any atom is 0.0807 e. The van der Waals surface area contributed by atoms with Crippen molar-refractivity contribution >= 4 is 5.69 Å². The van der Waals surface area contributed by atoms with Crippen LogP contribution in [-0.2, 0) is 6.54 Å². The number of anilines is 1. The lowest BCUT2D eigenvalue weighted by molar-refractivity contribution is 0.174. The molecule has 3 nitrogen and oxygen atoms in total. The third kappa shape index (κ3) is 3.36. The summed E-state index contributed by atoms with van der Waals surface area (Å²) in [4.78, 5) is 6.33. The highest BCUT2D eigenvalue weighted by molar-refractivity contribution is 5.54. The Kier molecular flexibility index (Phi) is 5.13. The van der Waals surface area contributed by atoms with Gasteiger partial charge in [0.05, 0.1) is 6.10 Å². The first-order chi connectivity index (χ1) is 9.76. The van der Waals surface area contributed by atoms with Gasteiger partial charge in [0.15, 0.2) is 0 Å². The van der Waals surface area contributed by atoms with Gasteiger partial charge in [0.25, 0.3) is 0 Å². The van der Waals surface area contributed by atoms with Gasteiger partial charge >= 0.3 is 0 Å². The van der Waals surface area contributed by atoms with Crippen molar-refractivity contribution in [3.05, 3.63) is 59.9 Å². The molecule has 0 amide bonds. The number of aliphatic hydroxyl groups excluding tert-OH is 1. The molecule has 0 aliphatic rings. The highest BCUT2D eigenvalue weighted by atomic mass is 16.3. The average Bonchev–Trinajstić information content (AvgIpc) is 2.53. The molecule has 0 saturated carbocycles. The summed E-state index contributed by atoms with van der Waals surface area (Å²) >= 11 is 0. The Hall–Kier alpha value is -1.87. The molecule has 20 heavy (non-hydrogen) atoms. The molecular weight excluding hydrogens is 248 g/mol. The Morgan fingerprint density at radius 2 is 1.80 bits per heavy atom. The zero-order valence-corrected chi connectivity index (χ0v) is 12.2. The van der Waals surface area contributed by atoms with Gasteiger partial charge in [0.2, 0.25) is 0 Å². The standard InChI is InChI=1S/C17H22N2O/c1-3-17(20)15-7-5-6-8-16(15)19(4-2)13-14-9-11-18-12-10-14/h5-12,17,20H,3-4,13H2,1-2H3/t17-/m0/s1. The highest BCUT2D eigenvalue weighted by Gasteiger charge is 2.14. The van der Waals surface area contributed by atoms with Crippen LogP contribution >= 0.6 is 0 Å². The summed E-state index contributed by atoms with van der Waals surface area (Å²) in [7, 11) is 0. The van der Waals surface area contributed by atoms with Crippen LogP contribution in [-0.4, -0.2) is 16.6 Å². The van der Waals surface area contributed by atoms with E-state index in [9.17, 15) is 5.11 Å². The third-order valence-corrected chi connectivity index (χ3v) is 3.53. The summed E-state index contributed by atoms with van der Waals surface area (Å²) in [5.74, 6) is 0. The minimum atomic E-state index is -0.405. The van der Waals surface area contributed by atoms with Gasteiger partial charge in [0, 0.05) is 36.7 Å². The first-order valence-electron chi connectivity index (χ1n) is 7.17. The van der Waals surface area contributed by atoms with Gasteiger partial charge in [-0.2, -0.15) is 0 Å². The highest BCUT2D eigenvalue weighted by Crippen LogP contribution is 2.29. The molecule has 1 heterocycles. The predicted molar refractivity (Wildman–Crippen MR) is 82.7 cm³/mol. The van der Waals surface area contributed by atoms with Crippen molar-refractivity contribution < 1.29 is 5.11 Å². The van der Waals surface area contributed by atoms with Gasteiger partial charge in [-0.05, 0) is 37.1 Å². The van der Waals surface area contributed by atoms with E-state index in [1.165, 1.54) is 5.56 Å². The van der Waals surface area contributed by atoms with Crippen LogP contribution in [0.25, 0.3) is 0 Å². The summed E-state index contributed by atoms with van der Waals surface area (Å²) in [5.41, 5.74) is 3.34. The van der Waals surface area contributed by atoms with Crippen LogP contribution < -0.4 is 4.90 Å². The smallest absolute Gasteiger partial charge is 0.0807 e. The number of rotatable bonds is 6. The van der Waals surface area contributed by atoms with E-state index in [1.807, 2.05) is 49.6 Å². The van der Waals surface area contributed by atoms with Gasteiger partial charge in [-0.1, -0.05) is 25.1 Å². The number of hydrogen-bond donors (Lipinski definition) is 1. The van der Waals surface area contributed by atoms with Crippen molar-refractivity contribution in [1.82, 2.24) is 4.98 Å². The predicted octanol–water partition coefficient (Wildman–Crippen LogP) is 3.55. The molecule has 0 saturated heterocycles. The van der Waals surface area contributed by atoms with E-state index in [-0.39, 0.29) is 0 Å². The van der Waals surface area contributed by atoms with Crippen molar-refractivity contribution in [2.75, 3.05) is 11.4 Å². The van der Waals surface area contributed by atoms with Crippen LogP contribution in [0.5, 0.6) is 0 Å². The van der Waals surface area contributed by atoms with Gasteiger partial charge < -0.3 is 10.0 Å². The second-order valence-corrected chi connectivity index (χ2v) is 4.85. The van der Waals surface area contributed by atoms with Crippen LogP contribution in [0.2, 0.25) is 0 Å². The van der Waals surface area contributed by atoms with E-state index in [1.54, 1.807) is 0 Å². The lowest BCUT2D eigenvalue weighted by Gasteiger charge is -2.27. The fourth-order valence-corrected chi connectivity index (χ4v) is 2.35. The normalized spacial score (nSPS) is 12.2. The number of hydrogen-bond acceptors (Lipinski definition) is 3. The van der Waals surface area contributed by atoms with Crippen LogP contribution in [0.1, 0.15) is 37.5 Å². The maximum atomic E-state index is 10.2. The molecule has 106 valence electrons. The lowest BCUT2D eigenvalue weighted by Crippen LogP contribution is -2.23. The lowest BCUT2D eigenvalue weighted by atomic mass is 10.0. The topological polar surface area (TPSA) is 36.4 Å². The minimum Gasteiger partial charge on any atom is -0.388 e. The van der Waals surface area contributed by atoms with E-state index >= 15 is 0 Å². The molecule has 0 unspecified atom stereocenters. The number of para-hydroxylation sites is 1. The number of nitrogens with zero attached hydrogens (tertiary/aromatic N) is 2. The van der Waals surface area contributed by atoms with Gasteiger partial charge in [-0.25, -0.2) is 0 Å². The van der Waals surface area contributed by atoms with E-state index < -0.39 is 6.10 Å². The van der Waals surface area contributed by atoms with Crippen LogP contribution in [0.3, 0.4) is 0 Å². The Labute approximate surface area is 120 Å². The average molecular weight is 270 g/mol. The molecular formula is C17H22N2O. The van der Waals surface area contributed by atoms with Crippen molar-refractivity contribution in [2.24, 2.45) is 0 Å². The van der Waals surface area contributed by atoms with Crippen molar-refractivity contribution in [2.45, 2.75) is 32.9 Å². The Morgan fingerprint density at radius 1 is 1.10 bits per heavy atom. The van der Waals surface area contributed by atoms with Crippen molar-refractivity contribution in [3.63, 3.8) is 0 Å². The van der Waals surface area contributed by atoms with E-state index in [0.717, 1.165) is 30.8 Å². The van der Waals surface area contributed by atoms with E-state index in [4.69, 9.17) is 0 Å². The van der Waals surface area contributed by atoms with Crippen LogP contribution in [0, 0.1) is 0 Å². The molecule has 1 atom stereocenters. The quantitative estimate of drug-likeness (QED) is 0.872. The molecule has 1 aromatic heterocycles. The first kappa shape index (κ1) is 14.5. The Morgan fingerprint density at radius 3 is 2.45 bits per heavy atom. The van der Waals surface area contributed by atoms with Gasteiger partial charge in [0.1, 0.15) is 0 Å². The van der Waals surface area contributed by atoms with E-state index in [0.29, 0.717) is 0 Å². The molecule has 0 spiro atoms. The van der Waals surface area contributed by atoms with Crippen LogP contribution in [0.15, 0.2) is 48.8 Å². The number of pyridine rings is 1. The van der Waals surface area contributed by atoms with Crippen molar-refractivity contribution in [1.29, 1.82) is 0 Å². The Bertz CT molecular complexity index is 528. The minimum absolute atomic E-state index is 0.405. The molecule has 3 heteroatoms. The summed E-state index contributed by atoms with van der Waals surface area (Å²) < 4.78 is 0. The molecule has 0 aliphatic heterocycles. The summed E-state index contributed by atoms with van der Waals surface area (Å²) in [6, 6.07) is 12.2. The molecule has 1 aromatic carbocycles. The fourth-order valence-electron chi connectivity index (χ4n) is 2.35. The molecule has 0 fully saturated rings. The number of aromatic nitrogens is 1. The monoisotopic (exact) mass is 270 g/mol. The molecule has 0 bridgehead atoms. The van der Waals surface area contributed by atoms with Gasteiger partial charge in [-0.15, -0.1) is 0 Å². The molecule has 0 aliphatic carbocycles. The van der Waals surface area contributed by atoms with Crippen LogP contribution in [0.4, 0.5) is 5.69 Å². The molecule has 2 aromatic rings. The van der Waals surface area contributed by atoms with E-state index in [2.05, 4.69) is 22.9 Å². The Balaban J connectivity index is 2.28. The second-order valence-electron chi connectivity index (χ2n) is 4.85. The molecule has 0 radical (unpaired) electrons.